The second-order valence-corrected chi connectivity index (χ2v) is 5.72. The third-order valence-corrected chi connectivity index (χ3v) is 4.29. The third-order valence-electron chi connectivity index (χ3n) is 2.64. The van der Waals surface area contributed by atoms with E-state index in [2.05, 4.69) is 4.72 Å². The topological polar surface area (TPSA) is 92.4 Å². The van der Waals surface area contributed by atoms with Crippen molar-refractivity contribution < 1.29 is 17.9 Å². The molecule has 1 aromatic carbocycles. The van der Waals surface area contributed by atoms with E-state index in [0.29, 0.717) is 6.42 Å². The summed E-state index contributed by atoms with van der Waals surface area (Å²) in [5.41, 5.74) is 5.48. The van der Waals surface area contributed by atoms with Gasteiger partial charge in [0.05, 0.1) is 11.5 Å². The van der Waals surface area contributed by atoms with Gasteiger partial charge in [-0.15, -0.1) is 0 Å². The Morgan fingerprint density at radius 2 is 2.11 bits per heavy atom. The molecular weight excluding hydrogens is 259 g/mol. The Morgan fingerprint density at radius 1 is 1.50 bits per heavy atom. The number of nitrogen functional groups attached to an aromatic ring is 1. The highest BCUT2D eigenvalue weighted by Crippen LogP contribution is 2.22. The highest BCUT2D eigenvalue weighted by Gasteiger charge is 2.22. The number of hydrogen-bond acceptors (Lipinski definition) is 4. The molecule has 0 spiro atoms. The molecule has 1 rings (SSSR count). The number of aliphatic hydroxyl groups excluding tert-OH is 1. The zero-order valence-electron chi connectivity index (χ0n) is 10.3. The number of aliphatic hydroxyl groups is 1. The predicted octanol–water partition coefficient (Wildman–Crippen LogP) is 0.766. The number of nitrogens with two attached hydrogens (primary N) is 1. The van der Waals surface area contributed by atoms with Crippen molar-refractivity contribution in [2.45, 2.75) is 31.2 Å². The van der Waals surface area contributed by atoms with E-state index in [4.69, 9.17) is 10.8 Å². The van der Waals surface area contributed by atoms with Gasteiger partial charge in [0.25, 0.3) is 0 Å². The van der Waals surface area contributed by atoms with Gasteiger partial charge in [0.15, 0.2) is 0 Å². The zero-order valence-corrected chi connectivity index (χ0v) is 11.1. The van der Waals surface area contributed by atoms with Crippen LogP contribution in [0.4, 0.5) is 10.1 Å². The average molecular weight is 276 g/mol. The lowest BCUT2D eigenvalue weighted by Gasteiger charge is -2.16. The normalized spacial score (nSPS) is 13.6. The molecular formula is C11H17FN2O3S. The number of nitrogens with one attached hydrogen (secondary N) is 1. The number of hydrogen-bond donors (Lipinski definition) is 3. The summed E-state index contributed by atoms with van der Waals surface area (Å²) >= 11 is 0. The number of benzene rings is 1. The van der Waals surface area contributed by atoms with E-state index in [0.717, 1.165) is 6.07 Å². The Labute approximate surface area is 106 Å². The van der Waals surface area contributed by atoms with Crippen LogP contribution >= 0.6 is 0 Å². The minimum atomic E-state index is -3.89. The highest BCUT2D eigenvalue weighted by molar-refractivity contribution is 7.89. The molecule has 5 nitrogen and oxygen atoms in total. The zero-order chi connectivity index (χ0) is 13.9. The van der Waals surface area contributed by atoms with Gasteiger partial charge < -0.3 is 10.8 Å². The third kappa shape index (κ3) is 3.18. The van der Waals surface area contributed by atoms with Crippen LogP contribution in [0.5, 0.6) is 0 Å². The van der Waals surface area contributed by atoms with Crippen molar-refractivity contribution in [2.24, 2.45) is 0 Å². The van der Waals surface area contributed by atoms with Crippen molar-refractivity contribution >= 4 is 15.7 Å². The molecule has 0 aliphatic carbocycles. The van der Waals surface area contributed by atoms with E-state index < -0.39 is 21.9 Å². The molecule has 0 saturated carbocycles. The van der Waals surface area contributed by atoms with Gasteiger partial charge in [-0.25, -0.2) is 17.5 Å². The Morgan fingerprint density at radius 3 is 2.61 bits per heavy atom. The lowest BCUT2D eigenvalue weighted by molar-refractivity contribution is 0.254. The molecule has 0 bridgehead atoms. The van der Waals surface area contributed by atoms with Crippen molar-refractivity contribution in [1.82, 2.24) is 4.72 Å². The summed E-state index contributed by atoms with van der Waals surface area (Å²) < 4.78 is 39.8. The SMILES string of the molecule is CC[C@H](CO)NS(=O)(=O)c1cc(N)cc(F)c1C. The van der Waals surface area contributed by atoms with Gasteiger partial charge in [-0.2, -0.15) is 0 Å². The van der Waals surface area contributed by atoms with Gasteiger partial charge >= 0.3 is 0 Å². The van der Waals surface area contributed by atoms with Crippen LogP contribution in [0, 0.1) is 12.7 Å². The van der Waals surface area contributed by atoms with Gasteiger partial charge in [0.1, 0.15) is 5.82 Å². The smallest absolute Gasteiger partial charge is 0.241 e. The molecule has 1 aromatic rings. The van der Waals surface area contributed by atoms with Crippen LogP contribution in [0.25, 0.3) is 0 Å². The summed E-state index contributed by atoms with van der Waals surface area (Å²) in [6.07, 6.45) is 0.430. The first-order valence-electron chi connectivity index (χ1n) is 5.50. The fraction of sp³-hybridized carbons (Fsp3) is 0.455. The van der Waals surface area contributed by atoms with Crippen LogP contribution in [-0.4, -0.2) is 26.2 Å². The largest absolute Gasteiger partial charge is 0.399 e. The molecule has 0 aliphatic heterocycles. The van der Waals surface area contributed by atoms with Gasteiger partial charge in [-0.3, -0.25) is 0 Å². The van der Waals surface area contributed by atoms with Crippen LogP contribution < -0.4 is 10.5 Å². The first-order valence-corrected chi connectivity index (χ1v) is 6.99. The van der Waals surface area contributed by atoms with Crippen molar-refractivity contribution in [1.29, 1.82) is 0 Å². The standard InChI is InChI=1S/C11H17FN2O3S/c1-3-9(6-15)14-18(16,17)11-5-8(13)4-10(12)7(11)2/h4-5,9,14-15H,3,6,13H2,1-2H3/t9-/m1/s1. The molecule has 102 valence electrons. The first-order chi connectivity index (χ1) is 8.31. The summed E-state index contributed by atoms with van der Waals surface area (Å²) in [6.45, 7) is 2.78. The van der Waals surface area contributed by atoms with Crippen molar-refractivity contribution in [2.75, 3.05) is 12.3 Å². The molecule has 0 saturated heterocycles. The molecule has 0 aromatic heterocycles. The molecule has 0 amide bonds. The molecule has 4 N–H and O–H groups in total. The number of rotatable bonds is 5. The van der Waals surface area contributed by atoms with Gasteiger partial charge in [-0.1, -0.05) is 6.92 Å². The maximum Gasteiger partial charge on any atom is 0.241 e. The van der Waals surface area contributed by atoms with E-state index in [1.165, 1.54) is 13.0 Å². The second-order valence-electron chi connectivity index (χ2n) is 4.03. The molecule has 0 fully saturated rings. The van der Waals surface area contributed by atoms with Crippen molar-refractivity contribution in [3.05, 3.63) is 23.5 Å². The summed E-state index contributed by atoms with van der Waals surface area (Å²) in [4.78, 5) is -0.202. The summed E-state index contributed by atoms with van der Waals surface area (Å²) in [5, 5.41) is 8.99. The molecule has 7 heteroatoms. The van der Waals surface area contributed by atoms with Crippen LogP contribution in [-0.2, 0) is 10.0 Å². The maximum absolute atomic E-state index is 13.4. The molecule has 18 heavy (non-hydrogen) atoms. The predicted molar refractivity (Wildman–Crippen MR) is 67.0 cm³/mol. The summed E-state index contributed by atoms with van der Waals surface area (Å²) in [5.74, 6) is -0.674. The average Bonchev–Trinajstić information content (AvgIpc) is 2.30. The number of halogens is 1. The minimum absolute atomic E-state index is 0.00416. The molecule has 0 heterocycles. The molecule has 1 atom stereocenters. The van der Waals surface area contributed by atoms with E-state index >= 15 is 0 Å². The molecule has 0 unspecified atom stereocenters. The maximum atomic E-state index is 13.4. The fourth-order valence-corrected chi connectivity index (χ4v) is 3.08. The second kappa shape index (κ2) is 5.64. The summed E-state index contributed by atoms with van der Waals surface area (Å²) in [6, 6.07) is 1.67. The minimum Gasteiger partial charge on any atom is -0.399 e. The van der Waals surface area contributed by atoms with Crippen molar-refractivity contribution in [3.63, 3.8) is 0 Å². The molecule has 0 aliphatic rings. The van der Waals surface area contributed by atoms with E-state index in [1.54, 1.807) is 6.92 Å². The van der Waals surface area contributed by atoms with Gasteiger partial charge in [-0.05, 0) is 25.5 Å². The van der Waals surface area contributed by atoms with Crippen molar-refractivity contribution in [3.8, 4) is 0 Å². The van der Waals surface area contributed by atoms with E-state index in [1.807, 2.05) is 0 Å². The quantitative estimate of drug-likeness (QED) is 0.692. The Bertz CT molecular complexity index is 527. The lowest BCUT2D eigenvalue weighted by Crippen LogP contribution is -2.37. The monoisotopic (exact) mass is 276 g/mol. The van der Waals surface area contributed by atoms with Crippen LogP contribution in [0.15, 0.2) is 17.0 Å². The van der Waals surface area contributed by atoms with Crippen LogP contribution in [0.3, 0.4) is 0 Å². The van der Waals surface area contributed by atoms with E-state index in [9.17, 15) is 12.8 Å². The van der Waals surface area contributed by atoms with Crippen LogP contribution in [0.2, 0.25) is 0 Å². The van der Waals surface area contributed by atoms with Gasteiger partial charge in [0, 0.05) is 17.3 Å². The highest BCUT2D eigenvalue weighted by atomic mass is 32.2. The number of sulfonamides is 1. The first kappa shape index (κ1) is 14.9. The molecule has 0 radical (unpaired) electrons. The lowest BCUT2D eigenvalue weighted by atomic mass is 10.2. The summed E-state index contributed by atoms with van der Waals surface area (Å²) in [7, 11) is -3.89. The van der Waals surface area contributed by atoms with Crippen LogP contribution in [0.1, 0.15) is 18.9 Å². The number of anilines is 1. The fourth-order valence-electron chi connectivity index (χ4n) is 1.49. The Balaban J connectivity index is 3.20. The Kier molecular flexibility index (Phi) is 4.66. The van der Waals surface area contributed by atoms with Gasteiger partial charge in [0.2, 0.25) is 10.0 Å². The Hall–Kier alpha value is -1.18. The van der Waals surface area contributed by atoms with E-state index in [-0.39, 0.29) is 22.8 Å².